The number of aliphatic hydroxyl groups is 1. The molecule has 0 unspecified atom stereocenters. The monoisotopic (exact) mass is 431 g/mol. The highest BCUT2D eigenvalue weighted by Gasteiger charge is 2.43. The largest absolute Gasteiger partial charge is 0.450 e. The molecular weight excluding hydrogens is 414 g/mol. The number of para-hydroxylation sites is 1. The summed E-state index contributed by atoms with van der Waals surface area (Å²) in [4.78, 5) is 28.3. The minimum absolute atomic E-state index is 0.0000118. The predicted octanol–water partition coefficient (Wildman–Crippen LogP) is 4.73. The number of nitrogens with zero attached hydrogens (tertiary/aromatic N) is 1. The van der Waals surface area contributed by atoms with Gasteiger partial charge in [-0.2, -0.15) is 0 Å². The van der Waals surface area contributed by atoms with Crippen molar-refractivity contribution in [2.75, 3.05) is 6.54 Å². The lowest BCUT2D eigenvalue weighted by atomic mass is 9.98. The Morgan fingerprint density at radius 2 is 1.71 bits per heavy atom. The zero-order valence-corrected chi connectivity index (χ0v) is 17.1. The van der Waals surface area contributed by atoms with E-state index < -0.39 is 18.1 Å². The zero-order valence-electron chi connectivity index (χ0n) is 16.4. The van der Waals surface area contributed by atoms with Gasteiger partial charge in [-0.1, -0.05) is 66.2 Å². The van der Waals surface area contributed by atoms with Gasteiger partial charge in [0.1, 0.15) is 5.58 Å². The molecule has 0 spiro atoms. The van der Waals surface area contributed by atoms with Crippen molar-refractivity contribution >= 4 is 28.5 Å². The summed E-state index contributed by atoms with van der Waals surface area (Å²) < 4.78 is 5.89. The highest BCUT2D eigenvalue weighted by molar-refractivity contribution is 6.30. The average Bonchev–Trinajstić information content (AvgIpc) is 3.06. The lowest BCUT2D eigenvalue weighted by molar-refractivity contribution is 0.0583. The van der Waals surface area contributed by atoms with Crippen molar-refractivity contribution in [3.63, 3.8) is 0 Å². The highest BCUT2D eigenvalue weighted by atomic mass is 35.5. The van der Waals surface area contributed by atoms with Crippen LogP contribution in [0.5, 0.6) is 0 Å². The number of β-amino-alcohol motifs (C(OH)–C–C–N with tert-alkyl or cyclic N) is 1. The van der Waals surface area contributed by atoms with Crippen LogP contribution < -0.4 is 5.43 Å². The second-order valence-electron chi connectivity index (χ2n) is 7.51. The molecular formula is C25H18ClNO4. The van der Waals surface area contributed by atoms with Crippen LogP contribution in [0.3, 0.4) is 0 Å². The lowest BCUT2D eigenvalue weighted by Crippen LogP contribution is -2.33. The van der Waals surface area contributed by atoms with E-state index in [0.29, 0.717) is 27.1 Å². The van der Waals surface area contributed by atoms with Crippen LogP contribution in [-0.2, 0) is 0 Å². The number of carbonyl (C=O) groups is 1. The number of carbonyl (C=O) groups excluding carboxylic acids is 1. The number of amides is 1. The van der Waals surface area contributed by atoms with Crippen LogP contribution >= 0.6 is 11.6 Å². The fourth-order valence-corrected chi connectivity index (χ4v) is 4.34. The number of rotatable bonds is 4. The van der Waals surface area contributed by atoms with E-state index in [-0.39, 0.29) is 23.3 Å². The number of benzene rings is 3. The summed E-state index contributed by atoms with van der Waals surface area (Å²) >= 11 is 6.22. The van der Waals surface area contributed by atoms with Gasteiger partial charge in [-0.15, -0.1) is 0 Å². The van der Waals surface area contributed by atoms with Gasteiger partial charge in [0.25, 0.3) is 5.91 Å². The number of hydrogen-bond acceptors (Lipinski definition) is 4. The van der Waals surface area contributed by atoms with E-state index in [1.54, 1.807) is 54.6 Å². The molecule has 6 heteroatoms. The summed E-state index contributed by atoms with van der Waals surface area (Å²) in [5.41, 5.74) is 1.73. The van der Waals surface area contributed by atoms with Crippen molar-refractivity contribution in [2.24, 2.45) is 0 Å². The fraction of sp³-hybridized carbons (Fsp3) is 0.120. The van der Waals surface area contributed by atoms with Crippen molar-refractivity contribution in [1.29, 1.82) is 0 Å². The Morgan fingerprint density at radius 1 is 0.968 bits per heavy atom. The van der Waals surface area contributed by atoms with Crippen LogP contribution in [0.4, 0.5) is 0 Å². The Labute approximate surface area is 183 Å². The van der Waals surface area contributed by atoms with Crippen LogP contribution in [-0.4, -0.2) is 22.5 Å². The normalized spacial score (nSPS) is 16.5. The number of halogens is 1. The molecule has 0 saturated carbocycles. The number of aliphatic hydroxyl groups excluding tert-OH is 1. The summed E-state index contributed by atoms with van der Waals surface area (Å²) in [5.74, 6) is -0.424. The first-order valence-corrected chi connectivity index (χ1v) is 10.3. The SMILES string of the molecule is O=C1c2oc3ccccc3c(=O)c2[C@H](c2cccc(Cl)c2)N1C[C@H](O)c1ccccc1. The minimum Gasteiger partial charge on any atom is -0.450 e. The van der Waals surface area contributed by atoms with E-state index >= 15 is 0 Å². The van der Waals surface area contributed by atoms with E-state index in [9.17, 15) is 14.7 Å². The molecule has 3 aromatic carbocycles. The Kier molecular flexibility index (Phi) is 4.85. The third-order valence-electron chi connectivity index (χ3n) is 5.59. The molecule has 5 nitrogen and oxygen atoms in total. The maximum Gasteiger partial charge on any atom is 0.291 e. The Bertz CT molecular complexity index is 1350. The number of fused-ring (bicyclic) bond motifs is 2. The van der Waals surface area contributed by atoms with E-state index in [0.717, 1.165) is 0 Å². The van der Waals surface area contributed by atoms with E-state index in [1.165, 1.54) is 4.90 Å². The summed E-state index contributed by atoms with van der Waals surface area (Å²) in [5, 5.41) is 11.7. The van der Waals surface area contributed by atoms with E-state index in [4.69, 9.17) is 16.0 Å². The summed E-state index contributed by atoms with van der Waals surface area (Å²) in [6.45, 7) is 0.0000118. The Balaban J connectivity index is 1.68. The van der Waals surface area contributed by atoms with Crippen LogP contribution in [0.25, 0.3) is 11.0 Å². The molecule has 31 heavy (non-hydrogen) atoms. The zero-order chi connectivity index (χ0) is 21.5. The highest BCUT2D eigenvalue weighted by Crippen LogP contribution is 2.39. The first kappa shape index (κ1) is 19.5. The van der Waals surface area contributed by atoms with Crippen LogP contribution in [0.15, 0.2) is 88.1 Å². The maximum atomic E-state index is 13.4. The fourth-order valence-electron chi connectivity index (χ4n) is 4.15. The van der Waals surface area contributed by atoms with Crippen molar-refractivity contribution in [1.82, 2.24) is 4.90 Å². The van der Waals surface area contributed by atoms with Crippen LogP contribution in [0.1, 0.15) is 39.4 Å². The van der Waals surface area contributed by atoms with Gasteiger partial charge in [-0.25, -0.2) is 0 Å². The van der Waals surface area contributed by atoms with Gasteiger partial charge in [0, 0.05) is 5.02 Å². The Morgan fingerprint density at radius 3 is 2.48 bits per heavy atom. The summed E-state index contributed by atoms with van der Waals surface area (Å²) in [7, 11) is 0. The van der Waals surface area contributed by atoms with Crippen molar-refractivity contribution < 1.29 is 14.3 Å². The summed E-state index contributed by atoms with van der Waals surface area (Å²) in [6, 6.07) is 22.3. The topological polar surface area (TPSA) is 70.8 Å². The van der Waals surface area contributed by atoms with Gasteiger partial charge in [0.2, 0.25) is 5.76 Å². The van der Waals surface area contributed by atoms with Crippen LogP contribution in [0, 0.1) is 0 Å². The first-order valence-electron chi connectivity index (χ1n) is 9.90. The van der Waals surface area contributed by atoms with Gasteiger partial charge in [-0.3, -0.25) is 9.59 Å². The Hall–Kier alpha value is -3.41. The average molecular weight is 432 g/mol. The second-order valence-corrected chi connectivity index (χ2v) is 7.95. The van der Waals surface area contributed by atoms with Crippen molar-refractivity contribution in [3.8, 4) is 0 Å². The third-order valence-corrected chi connectivity index (χ3v) is 5.83. The minimum atomic E-state index is -0.925. The smallest absolute Gasteiger partial charge is 0.291 e. The maximum absolute atomic E-state index is 13.4. The number of hydrogen-bond donors (Lipinski definition) is 1. The molecule has 0 bridgehead atoms. The molecule has 4 aromatic rings. The van der Waals surface area contributed by atoms with Crippen molar-refractivity contribution in [3.05, 3.63) is 117 Å². The molecule has 1 N–H and O–H groups in total. The van der Waals surface area contributed by atoms with Gasteiger partial charge >= 0.3 is 0 Å². The summed E-state index contributed by atoms with van der Waals surface area (Å²) in [6.07, 6.45) is -0.925. The van der Waals surface area contributed by atoms with Gasteiger partial charge in [-0.05, 0) is 35.4 Å². The van der Waals surface area contributed by atoms with Crippen molar-refractivity contribution in [2.45, 2.75) is 12.1 Å². The van der Waals surface area contributed by atoms with E-state index in [2.05, 4.69) is 0 Å². The molecule has 1 aliphatic rings. The molecule has 154 valence electrons. The van der Waals surface area contributed by atoms with Crippen LogP contribution in [0.2, 0.25) is 5.02 Å². The van der Waals surface area contributed by atoms with Gasteiger partial charge in [0.15, 0.2) is 5.43 Å². The lowest BCUT2D eigenvalue weighted by Gasteiger charge is -2.27. The molecule has 0 saturated heterocycles. The second kappa shape index (κ2) is 7.69. The molecule has 2 atom stereocenters. The first-order chi connectivity index (χ1) is 15.0. The van der Waals surface area contributed by atoms with E-state index in [1.807, 2.05) is 24.3 Å². The molecule has 0 fully saturated rings. The molecule has 0 radical (unpaired) electrons. The molecule has 0 aliphatic carbocycles. The van der Waals surface area contributed by atoms with Gasteiger partial charge in [0.05, 0.1) is 29.6 Å². The predicted molar refractivity (Wildman–Crippen MR) is 118 cm³/mol. The van der Waals surface area contributed by atoms with Gasteiger partial charge < -0.3 is 14.4 Å². The molecule has 1 amide bonds. The molecule has 2 heterocycles. The standard InChI is InChI=1S/C25H18ClNO4/c26-17-10-6-9-16(13-17)22-21-23(29)18-11-4-5-12-20(18)31-24(21)25(30)27(22)14-19(28)15-7-2-1-3-8-15/h1-13,19,22,28H,14H2/t19-,22-/m0/s1. The molecule has 1 aromatic heterocycles. The molecule has 1 aliphatic heterocycles. The molecule has 5 rings (SSSR count). The quantitative estimate of drug-likeness (QED) is 0.507. The third kappa shape index (κ3) is 3.32.